The van der Waals surface area contributed by atoms with Crippen LogP contribution < -0.4 is 21.7 Å². The van der Waals surface area contributed by atoms with Gasteiger partial charge in [-0.05, 0) is 83.5 Å². The maximum Gasteiger partial charge on any atom is 0.519 e. The molecule has 92 heavy (non-hydrogen) atoms. The number of ether oxygens (including phenoxy) is 3. The van der Waals surface area contributed by atoms with Crippen LogP contribution in [0.4, 0.5) is 27.0 Å². The number of para-hydroxylation sites is 3. The number of nitrogens with two attached hydrogens (primary N) is 1. The number of azide groups is 1. The van der Waals surface area contributed by atoms with Crippen molar-refractivity contribution in [3.05, 3.63) is 138 Å². The van der Waals surface area contributed by atoms with E-state index in [0.717, 1.165) is 129 Å². The number of aromatic amines is 3. The second-order valence-corrected chi connectivity index (χ2v) is 21.7. The molecule has 9 aromatic heterocycles. The summed E-state index contributed by atoms with van der Waals surface area (Å²) in [6.07, 6.45) is 2.52. The van der Waals surface area contributed by atoms with E-state index in [-0.39, 0.29) is 13.2 Å². The van der Waals surface area contributed by atoms with Gasteiger partial charge in [-0.1, -0.05) is 101 Å². The molecule has 25 heteroatoms. The van der Waals surface area contributed by atoms with Gasteiger partial charge in [-0.2, -0.15) is 0 Å². The van der Waals surface area contributed by atoms with Crippen LogP contribution in [0.1, 0.15) is 100 Å². The first kappa shape index (κ1) is 70.6. The van der Waals surface area contributed by atoms with Crippen molar-refractivity contribution in [2.24, 2.45) is 32.0 Å². The SMILES string of the molecule is CC.CC.CC.CC(C)(C)OC(=O)OC(=O)OC(C)(C)C.CNc1ncnc2c1c(-c1cc3ccccc3[nH]1)c(CN)n2C.CNc1ncnc2c1c(-c1cc3ccccc3[nH]1)c(CN=[N+]=[N-])n2C.CNc1ncnc2c1c(-c1cc3ccccc3[nH]1)c(CO)n2C. The van der Waals surface area contributed by atoms with E-state index in [1.165, 1.54) is 18.0 Å². The van der Waals surface area contributed by atoms with Crippen LogP contribution in [0.15, 0.2) is 115 Å². The van der Waals surface area contributed by atoms with Crippen LogP contribution in [0.2, 0.25) is 0 Å². The van der Waals surface area contributed by atoms with Crippen LogP contribution in [0.5, 0.6) is 0 Å². The number of carbonyl (C=O) groups excluding carboxylic acids is 2. The molecule has 0 saturated carbocycles. The topological polar surface area (TPSA) is 332 Å². The van der Waals surface area contributed by atoms with Gasteiger partial charge in [0.1, 0.15) is 64.6 Å². The van der Waals surface area contributed by atoms with Gasteiger partial charge in [0.15, 0.2) is 0 Å². The van der Waals surface area contributed by atoms with Crippen molar-refractivity contribution in [1.82, 2.24) is 58.6 Å². The minimum absolute atomic E-state index is 0.0687. The van der Waals surface area contributed by atoms with Crippen molar-refractivity contribution in [3.8, 4) is 33.8 Å². The van der Waals surface area contributed by atoms with E-state index in [1.54, 1.807) is 47.9 Å². The molecule has 12 rings (SSSR count). The van der Waals surface area contributed by atoms with Crippen LogP contribution in [-0.4, -0.2) is 108 Å². The highest BCUT2D eigenvalue weighted by molar-refractivity contribution is 6.06. The standard InChI is InChI=1S/C17H16N8.C17H18N6.C17H17N5O.C10H18O5.3C2H6/c1-19-16-15-14(12-7-10-5-3-4-6-11(10)23-12)13(8-22-24-18)25(2)17(15)21-9-20-16;1-19-16-15-14(12-7-10-5-3-4-6-11(10)22-12)13(8-18)23(2)17(15)21-9-20-16;1-18-16-15-14(12-7-10-5-3-4-6-11(10)21-12)13(8-23)22(2)17(15)20-9-19-16;1-9(2,3)14-7(11)13-8(12)15-10(4,5)6;3*1-2/h3-7,9,23H,8H2,1-2H3,(H,19,20,21);3-7,9,22H,8,18H2,1-2H3,(H,19,20,21);3-7,9,21,23H,8H2,1-2H3,(H,18,19,20);1-6H3;3*1-2H3. The minimum atomic E-state index is -1.06. The van der Waals surface area contributed by atoms with Crippen LogP contribution in [0, 0.1) is 0 Å². The van der Waals surface area contributed by atoms with Crippen molar-refractivity contribution in [1.29, 1.82) is 0 Å². The van der Waals surface area contributed by atoms with Crippen LogP contribution in [0.3, 0.4) is 0 Å². The summed E-state index contributed by atoms with van der Waals surface area (Å²) in [4.78, 5) is 61.6. The Labute approximate surface area is 535 Å². The number of aliphatic hydroxyl groups excluding tert-OH is 1. The van der Waals surface area contributed by atoms with Gasteiger partial charge in [0.2, 0.25) is 0 Å². The Balaban J connectivity index is 0.000000192. The molecule has 12 aromatic rings. The molecular weight excluding hydrogens is 1170 g/mol. The molecule has 0 atom stereocenters. The number of aryl methyl sites for hydroxylation is 3. The first-order valence-electron chi connectivity index (χ1n) is 30.4. The molecule has 0 spiro atoms. The fourth-order valence-electron chi connectivity index (χ4n) is 10.3. The Kier molecular flexibility index (Phi) is 24.4. The van der Waals surface area contributed by atoms with Gasteiger partial charge in [0, 0.05) is 132 Å². The number of benzene rings is 3. The van der Waals surface area contributed by atoms with Gasteiger partial charge in [0.05, 0.1) is 35.0 Å². The van der Waals surface area contributed by atoms with Gasteiger partial charge in [-0.25, -0.2) is 39.5 Å². The first-order chi connectivity index (χ1) is 44.2. The second kappa shape index (κ2) is 31.8. The predicted molar refractivity (Wildman–Crippen MR) is 370 cm³/mol. The molecule has 0 radical (unpaired) electrons. The lowest BCUT2D eigenvalue weighted by Crippen LogP contribution is -2.29. The van der Waals surface area contributed by atoms with E-state index in [2.05, 4.69) is 118 Å². The van der Waals surface area contributed by atoms with Crippen molar-refractivity contribution >= 4 is 95.6 Å². The fraction of sp³-hybridized carbons (Fsp3) is 0.343. The number of aromatic nitrogens is 12. The highest BCUT2D eigenvalue weighted by atomic mass is 16.8. The largest absolute Gasteiger partial charge is 0.519 e. The molecule has 9 heterocycles. The zero-order chi connectivity index (χ0) is 67.6. The summed E-state index contributed by atoms with van der Waals surface area (Å²) in [5, 5.41) is 29.3. The van der Waals surface area contributed by atoms with Gasteiger partial charge in [0.25, 0.3) is 0 Å². The Morgan fingerprint density at radius 3 is 1.16 bits per heavy atom. The van der Waals surface area contributed by atoms with Gasteiger partial charge >= 0.3 is 12.3 Å². The number of nitrogens with zero attached hydrogens (tertiary/aromatic N) is 12. The number of hydrogen-bond acceptors (Lipinski definition) is 17. The maximum atomic E-state index is 11.0. The second-order valence-electron chi connectivity index (χ2n) is 21.7. The van der Waals surface area contributed by atoms with Crippen LogP contribution in [0.25, 0.3) is 110 Å². The third-order valence-corrected chi connectivity index (χ3v) is 13.9. The molecule has 0 saturated heterocycles. The van der Waals surface area contributed by atoms with Crippen LogP contribution in [-0.2, 0) is 55.0 Å². The zero-order valence-corrected chi connectivity index (χ0v) is 55.9. The van der Waals surface area contributed by atoms with Crippen molar-refractivity contribution in [2.45, 2.75) is 114 Å². The fourth-order valence-corrected chi connectivity index (χ4v) is 10.3. The van der Waals surface area contributed by atoms with E-state index < -0.39 is 23.5 Å². The molecule has 0 aliphatic carbocycles. The summed E-state index contributed by atoms with van der Waals surface area (Å²) in [6, 6.07) is 30.8. The molecule has 9 N–H and O–H groups in total. The summed E-state index contributed by atoms with van der Waals surface area (Å²) in [7, 11) is 11.4. The third kappa shape index (κ3) is 15.7. The Hall–Kier alpha value is -10.5. The molecule has 0 aliphatic heterocycles. The van der Waals surface area contributed by atoms with E-state index >= 15 is 0 Å². The highest BCUT2D eigenvalue weighted by Gasteiger charge is 2.27. The van der Waals surface area contributed by atoms with Gasteiger partial charge in [-0.3, -0.25) is 0 Å². The number of carbonyl (C=O) groups is 2. The maximum absolute atomic E-state index is 11.0. The molecule has 486 valence electrons. The molecule has 0 fully saturated rings. The number of rotatable bonds is 10. The number of hydrogen-bond donors (Lipinski definition) is 8. The van der Waals surface area contributed by atoms with Crippen molar-refractivity contribution in [3.63, 3.8) is 0 Å². The predicted octanol–water partition coefficient (Wildman–Crippen LogP) is 15.2. The smallest absolute Gasteiger partial charge is 0.428 e. The molecule has 25 nitrogen and oxygen atoms in total. The number of anilines is 3. The number of H-pyrrole nitrogens is 3. The molecule has 0 bridgehead atoms. The zero-order valence-electron chi connectivity index (χ0n) is 55.9. The number of nitrogens with one attached hydrogen (secondary N) is 6. The molecular formula is C67H87N19O6. The van der Waals surface area contributed by atoms with E-state index in [9.17, 15) is 14.7 Å². The highest BCUT2D eigenvalue weighted by Crippen LogP contribution is 2.41. The minimum Gasteiger partial charge on any atom is -0.428 e. The number of aliphatic hydroxyl groups is 1. The Morgan fingerprint density at radius 2 is 0.859 bits per heavy atom. The monoisotopic (exact) mass is 1250 g/mol. The average Bonchev–Trinajstić information content (AvgIpc) is 1.61. The van der Waals surface area contributed by atoms with E-state index in [4.69, 9.17) is 20.7 Å². The summed E-state index contributed by atoms with van der Waals surface area (Å²) in [6.45, 7) is 22.6. The molecule has 3 aromatic carbocycles. The van der Waals surface area contributed by atoms with Gasteiger partial charge in [-0.15, -0.1) is 0 Å². The van der Waals surface area contributed by atoms with Crippen molar-refractivity contribution in [2.75, 3.05) is 37.1 Å². The van der Waals surface area contributed by atoms with Gasteiger partial charge < -0.3 is 69.7 Å². The Morgan fingerprint density at radius 1 is 0.543 bits per heavy atom. The lowest BCUT2D eigenvalue weighted by Gasteiger charge is -2.20. The van der Waals surface area contributed by atoms with E-state index in [1.807, 2.05) is 146 Å². The summed E-state index contributed by atoms with van der Waals surface area (Å²) < 4.78 is 19.7. The molecule has 0 unspecified atom stereocenters. The summed E-state index contributed by atoms with van der Waals surface area (Å²) in [5.74, 6) is 2.29. The van der Waals surface area contributed by atoms with E-state index in [0.29, 0.717) is 6.54 Å². The lowest BCUT2D eigenvalue weighted by molar-refractivity contribution is -0.0294. The summed E-state index contributed by atoms with van der Waals surface area (Å²) in [5.41, 5.74) is 27.7. The summed E-state index contributed by atoms with van der Waals surface area (Å²) >= 11 is 0. The molecule has 0 aliphatic rings. The van der Waals surface area contributed by atoms with Crippen LogP contribution >= 0.6 is 0 Å². The molecule has 0 amide bonds. The van der Waals surface area contributed by atoms with Crippen molar-refractivity contribution < 1.29 is 28.9 Å². The Bertz CT molecular complexity index is 4200. The first-order valence-corrected chi connectivity index (χ1v) is 30.4. The quantitative estimate of drug-likeness (QED) is 0.0207. The normalized spacial score (nSPS) is 10.8. The number of fused-ring (bicyclic) bond motifs is 6. The lowest BCUT2D eigenvalue weighted by atomic mass is 10.1. The average molecular weight is 1250 g/mol. The third-order valence-electron chi connectivity index (χ3n) is 13.9.